The lowest BCUT2D eigenvalue weighted by atomic mass is 10.1. The molecule has 1 atom stereocenters. The van der Waals surface area contributed by atoms with Crippen molar-refractivity contribution in [2.75, 3.05) is 25.3 Å². The summed E-state index contributed by atoms with van der Waals surface area (Å²) in [6, 6.07) is 7.16. The molecule has 0 radical (unpaired) electrons. The normalized spacial score (nSPS) is 19.9. The van der Waals surface area contributed by atoms with E-state index < -0.39 is 17.4 Å². The van der Waals surface area contributed by atoms with E-state index in [0.717, 1.165) is 30.2 Å². The Labute approximate surface area is 164 Å². The summed E-state index contributed by atoms with van der Waals surface area (Å²) < 4.78 is 29.7. The Balaban J connectivity index is 1.97. The number of alkyl halides is 1. The fraction of sp³-hybridized carbons (Fsp3) is 0.667. The molecule has 1 aromatic rings. The third kappa shape index (κ3) is 5.79. The van der Waals surface area contributed by atoms with Gasteiger partial charge in [-0.2, -0.15) is 0 Å². The number of hydrogen-bond donors (Lipinski definition) is 0. The fourth-order valence-corrected chi connectivity index (χ4v) is 7.39. The Morgan fingerprint density at radius 2 is 1.77 bits per heavy atom. The molecule has 26 heavy (non-hydrogen) atoms. The first kappa shape index (κ1) is 21.9. The predicted octanol–water partition coefficient (Wildman–Crippen LogP) is 4.43. The molecule has 0 aromatic heterocycles. The molecule has 0 fully saturated rings. The summed E-state index contributed by atoms with van der Waals surface area (Å²) in [6.07, 6.45) is 1.90. The molecule has 148 valence electrons. The summed E-state index contributed by atoms with van der Waals surface area (Å²) in [5.41, 5.74) is 2.80. The highest BCUT2D eigenvalue weighted by Gasteiger charge is 2.40. The molecule has 1 heterocycles. The minimum atomic E-state index is -2.56. The molecule has 0 saturated heterocycles. The van der Waals surface area contributed by atoms with Crippen LogP contribution in [0.1, 0.15) is 38.3 Å². The van der Waals surface area contributed by atoms with Gasteiger partial charge in [0.25, 0.3) is 0 Å². The van der Waals surface area contributed by atoms with Crippen LogP contribution in [0.2, 0.25) is 12.6 Å². The highest BCUT2D eigenvalue weighted by molar-refractivity contribution is 6.74. The maximum atomic E-state index is 6.01. The van der Waals surface area contributed by atoms with E-state index >= 15 is 0 Å². The van der Waals surface area contributed by atoms with Gasteiger partial charge in [0.05, 0.1) is 12.1 Å². The van der Waals surface area contributed by atoms with Gasteiger partial charge in [-0.1, -0.05) is 6.07 Å². The van der Waals surface area contributed by atoms with E-state index in [-0.39, 0.29) is 0 Å². The van der Waals surface area contributed by atoms with Crippen LogP contribution in [0.25, 0.3) is 0 Å². The van der Waals surface area contributed by atoms with Crippen LogP contribution < -0.4 is 4.43 Å². The molecule has 0 saturated carbocycles. The van der Waals surface area contributed by atoms with E-state index in [4.69, 9.17) is 33.7 Å². The van der Waals surface area contributed by atoms with E-state index in [9.17, 15) is 0 Å². The maximum Gasteiger partial charge on any atom is 0.500 e. The molecule has 1 aliphatic rings. The molecule has 5 nitrogen and oxygen atoms in total. The lowest BCUT2D eigenvalue weighted by molar-refractivity contribution is 0.0708. The number of benzene rings is 1. The molecule has 0 amide bonds. The molecular formula is C18H31ClO5Si2. The van der Waals surface area contributed by atoms with Gasteiger partial charge >= 0.3 is 17.4 Å². The largest absolute Gasteiger partial charge is 0.519 e. The van der Waals surface area contributed by atoms with Crippen LogP contribution in [0.4, 0.5) is 0 Å². The number of fused-ring (bicyclic) bond motifs is 1. The lowest BCUT2D eigenvalue weighted by Crippen LogP contribution is -2.47. The summed E-state index contributed by atoms with van der Waals surface area (Å²) in [5, 5.41) is 0. The van der Waals surface area contributed by atoms with Crippen molar-refractivity contribution in [3.63, 3.8) is 0 Å². The second kappa shape index (κ2) is 10.2. The van der Waals surface area contributed by atoms with Crippen LogP contribution in [-0.4, -0.2) is 42.7 Å². The smallest absolute Gasteiger partial charge is 0.500 e. The number of rotatable bonds is 11. The first-order chi connectivity index (χ1) is 12.5. The van der Waals surface area contributed by atoms with Gasteiger partial charge in [-0.3, -0.25) is 0 Å². The summed E-state index contributed by atoms with van der Waals surface area (Å²) in [5.74, 6) is 0.913. The van der Waals surface area contributed by atoms with Gasteiger partial charge < -0.3 is 22.1 Å². The first-order valence-corrected chi connectivity index (χ1v) is 14.4. The lowest BCUT2D eigenvalue weighted by Gasteiger charge is -2.32. The average Bonchev–Trinajstić information content (AvgIpc) is 2.62. The van der Waals surface area contributed by atoms with Crippen molar-refractivity contribution < 1.29 is 22.1 Å². The molecule has 0 spiro atoms. The molecule has 0 bridgehead atoms. The molecule has 2 rings (SSSR count). The van der Waals surface area contributed by atoms with Gasteiger partial charge in [-0.25, -0.2) is 0 Å². The van der Waals surface area contributed by atoms with Crippen LogP contribution in [-0.2, 0) is 30.7 Å². The van der Waals surface area contributed by atoms with E-state index in [0.29, 0.717) is 31.9 Å². The number of hydrogen-bond acceptors (Lipinski definition) is 5. The Morgan fingerprint density at radius 1 is 1.12 bits per heavy atom. The third-order valence-corrected chi connectivity index (χ3v) is 10.8. The molecule has 0 aliphatic carbocycles. The van der Waals surface area contributed by atoms with E-state index in [1.807, 2.05) is 33.4 Å². The topological polar surface area (TPSA) is 46.2 Å². The zero-order chi connectivity index (χ0) is 19.0. The van der Waals surface area contributed by atoms with Crippen molar-refractivity contribution in [3.05, 3.63) is 29.3 Å². The van der Waals surface area contributed by atoms with Crippen LogP contribution in [0, 0.1) is 0 Å². The molecule has 1 aromatic carbocycles. The zero-order valence-electron chi connectivity index (χ0n) is 16.3. The molecule has 1 unspecified atom stereocenters. The van der Waals surface area contributed by atoms with Gasteiger partial charge in [0, 0.05) is 31.4 Å². The minimum absolute atomic E-state index is 0.438. The highest BCUT2D eigenvalue weighted by atomic mass is 35.5. The summed E-state index contributed by atoms with van der Waals surface area (Å²) in [4.78, 5) is 0. The Morgan fingerprint density at radius 3 is 2.35 bits per heavy atom. The predicted molar refractivity (Wildman–Crippen MR) is 108 cm³/mol. The van der Waals surface area contributed by atoms with E-state index in [2.05, 4.69) is 12.1 Å². The number of aryl methyl sites for hydroxylation is 1. The van der Waals surface area contributed by atoms with Crippen LogP contribution in [0.15, 0.2) is 18.2 Å². The van der Waals surface area contributed by atoms with Crippen molar-refractivity contribution in [3.8, 4) is 5.75 Å². The van der Waals surface area contributed by atoms with Crippen molar-refractivity contribution in [2.24, 2.45) is 0 Å². The fourth-order valence-electron chi connectivity index (χ4n) is 3.07. The van der Waals surface area contributed by atoms with Crippen LogP contribution in [0.3, 0.4) is 0 Å². The van der Waals surface area contributed by atoms with Gasteiger partial charge in [-0.15, -0.1) is 11.6 Å². The average molecular weight is 419 g/mol. The van der Waals surface area contributed by atoms with Gasteiger partial charge in [0.1, 0.15) is 5.75 Å². The van der Waals surface area contributed by atoms with Gasteiger partial charge in [0.15, 0.2) is 0 Å². The first-order valence-electron chi connectivity index (χ1n) is 9.42. The second-order valence-electron chi connectivity index (χ2n) is 6.44. The van der Waals surface area contributed by atoms with E-state index in [1.165, 1.54) is 5.56 Å². The number of halogens is 1. The summed E-state index contributed by atoms with van der Waals surface area (Å²) >= 11 is 5.99. The van der Waals surface area contributed by atoms with Crippen molar-refractivity contribution in [1.29, 1.82) is 0 Å². The van der Waals surface area contributed by atoms with Crippen molar-refractivity contribution in [2.45, 2.75) is 52.8 Å². The third-order valence-electron chi connectivity index (χ3n) is 4.27. The quantitative estimate of drug-likeness (QED) is 0.393. The van der Waals surface area contributed by atoms with Crippen molar-refractivity contribution in [1.82, 2.24) is 0 Å². The molecular weight excluding hydrogens is 388 g/mol. The molecule has 1 aliphatic heterocycles. The second-order valence-corrected chi connectivity index (χ2v) is 13.0. The standard InChI is InChI=1S/C18H31ClO5Si2/c1-5-20-26(21-6-2,22-7-3)12-8-9-16-10-11-18-17(13-16)14-23-25(4,15-19)24-18/h10-11,13H,5-9,12,14-15H2,1-4H3. The summed E-state index contributed by atoms with van der Waals surface area (Å²) in [6.45, 7) is 10.4. The summed E-state index contributed by atoms with van der Waals surface area (Å²) in [7, 11) is -4.80. The Kier molecular flexibility index (Phi) is 8.60. The zero-order valence-corrected chi connectivity index (χ0v) is 19.1. The van der Waals surface area contributed by atoms with E-state index in [1.54, 1.807) is 0 Å². The van der Waals surface area contributed by atoms with Crippen LogP contribution >= 0.6 is 11.6 Å². The SMILES string of the molecule is CCO[Si](CCCc1ccc2c(c1)CO[Si](C)(CCl)O2)(OCC)OCC. The Hall–Kier alpha value is -0.416. The molecule has 8 heteroatoms. The van der Waals surface area contributed by atoms with Crippen LogP contribution in [0.5, 0.6) is 5.75 Å². The minimum Gasteiger partial charge on any atom is -0.519 e. The van der Waals surface area contributed by atoms with Gasteiger partial charge in [-0.05, 0) is 57.9 Å². The highest BCUT2D eigenvalue weighted by Crippen LogP contribution is 2.31. The van der Waals surface area contributed by atoms with Gasteiger partial charge in [0.2, 0.25) is 0 Å². The Bertz CT molecular complexity index is 557. The molecule has 0 N–H and O–H groups in total. The monoisotopic (exact) mass is 418 g/mol. The van der Waals surface area contributed by atoms with Crippen molar-refractivity contribution >= 4 is 29.0 Å². The maximum absolute atomic E-state index is 6.01.